The highest BCUT2D eigenvalue weighted by Gasteiger charge is 2.46. The van der Waals surface area contributed by atoms with Gasteiger partial charge in [0, 0.05) is 29.7 Å². The third-order valence-electron chi connectivity index (χ3n) is 5.12. The lowest BCUT2D eigenvalue weighted by Crippen LogP contribution is -2.38. The van der Waals surface area contributed by atoms with Crippen molar-refractivity contribution in [1.29, 1.82) is 0 Å². The van der Waals surface area contributed by atoms with Crippen molar-refractivity contribution in [2.24, 2.45) is 0 Å². The van der Waals surface area contributed by atoms with Gasteiger partial charge in [0.05, 0.1) is 23.6 Å². The first-order chi connectivity index (χ1) is 14.1. The van der Waals surface area contributed by atoms with E-state index < -0.39 is 0 Å². The number of amides is 2. The molecule has 4 heterocycles. The third-order valence-corrected chi connectivity index (χ3v) is 5.12. The Kier molecular flexibility index (Phi) is 3.97. The smallest absolute Gasteiger partial charge is 0.321 e. The van der Waals surface area contributed by atoms with Gasteiger partial charge in [0.2, 0.25) is 0 Å². The van der Waals surface area contributed by atoms with Crippen molar-refractivity contribution in [1.82, 2.24) is 29.9 Å². The summed E-state index contributed by atoms with van der Waals surface area (Å²) in [5.41, 5.74) is 4.28. The molecule has 144 valence electrons. The van der Waals surface area contributed by atoms with E-state index in [9.17, 15) is 4.79 Å². The number of carbonyl (C=O) groups is 1. The second-order valence-electron chi connectivity index (χ2n) is 7.30. The van der Waals surface area contributed by atoms with Crippen molar-refractivity contribution in [3.8, 4) is 11.1 Å². The molecule has 8 nitrogen and oxygen atoms in total. The average Bonchev–Trinajstić information content (AvgIpc) is 3.39. The summed E-state index contributed by atoms with van der Waals surface area (Å²) < 4.78 is 1.88. The summed E-state index contributed by atoms with van der Waals surface area (Å²) in [5.74, 6) is 0.491. The molecule has 0 atom stereocenters. The monoisotopic (exact) mass is 385 g/mol. The highest BCUT2D eigenvalue weighted by molar-refractivity contribution is 5.89. The van der Waals surface area contributed by atoms with E-state index in [4.69, 9.17) is 0 Å². The molecular weight excluding hydrogens is 366 g/mol. The highest BCUT2D eigenvalue weighted by atomic mass is 16.2. The van der Waals surface area contributed by atoms with Gasteiger partial charge in [0.25, 0.3) is 0 Å². The molecule has 0 spiro atoms. The van der Waals surface area contributed by atoms with E-state index in [-0.39, 0.29) is 11.6 Å². The number of aryl methyl sites for hydroxylation is 1. The average molecular weight is 385 g/mol. The second kappa shape index (κ2) is 6.66. The molecule has 2 N–H and O–H groups in total. The standard InChI is InChI=1S/C21H19N7O/c1-14-9-16(10-23-27-14)15-4-5-19-24-18(13-28(19)12-15)25-20(29)26-21(6-7-21)17-3-2-8-22-11-17/h2-5,8-13H,6-7H2,1H3,(H2,25,26,29). The fourth-order valence-electron chi connectivity index (χ4n) is 3.48. The summed E-state index contributed by atoms with van der Waals surface area (Å²) in [6, 6.07) is 9.46. The maximum Gasteiger partial charge on any atom is 0.321 e. The van der Waals surface area contributed by atoms with Crippen molar-refractivity contribution in [3.05, 3.63) is 72.6 Å². The topological polar surface area (TPSA) is 97.1 Å². The van der Waals surface area contributed by atoms with Crippen LogP contribution in [0.5, 0.6) is 0 Å². The van der Waals surface area contributed by atoms with Crippen LogP contribution in [0.15, 0.2) is 61.3 Å². The highest BCUT2D eigenvalue weighted by Crippen LogP contribution is 2.45. The lowest BCUT2D eigenvalue weighted by molar-refractivity contribution is 0.247. The number of hydrogen-bond acceptors (Lipinski definition) is 5. The molecule has 29 heavy (non-hydrogen) atoms. The number of pyridine rings is 2. The van der Waals surface area contributed by atoms with Crippen LogP contribution >= 0.6 is 0 Å². The molecule has 1 aliphatic carbocycles. The van der Waals surface area contributed by atoms with E-state index in [1.807, 2.05) is 47.9 Å². The van der Waals surface area contributed by atoms with Crippen LogP contribution in [-0.2, 0) is 5.54 Å². The van der Waals surface area contributed by atoms with Crippen molar-refractivity contribution in [2.45, 2.75) is 25.3 Å². The fraction of sp³-hybridized carbons (Fsp3) is 0.190. The van der Waals surface area contributed by atoms with Crippen LogP contribution < -0.4 is 10.6 Å². The Bertz CT molecular complexity index is 1200. The van der Waals surface area contributed by atoms with Gasteiger partial charge >= 0.3 is 6.03 Å². The quantitative estimate of drug-likeness (QED) is 0.562. The second-order valence-corrected chi connectivity index (χ2v) is 7.30. The van der Waals surface area contributed by atoms with Crippen molar-refractivity contribution >= 4 is 17.5 Å². The molecule has 2 amide bonds. The van der Waals surface area contributed by atoms with Crippen molar-refractivity contribution in [3.63, 3.8) is 0 Å². The third kappa shape index (κ3) is 3.40. The molecular formula is C21H19N7O. The maximum atomic E-state index is 12.5. The maximum absolute atomic E-state index is 12.5. The minimum Gasteiger partial charge on any atom is -0.328 e. The number of fused-ring (bicyclic) bond motifs is 1. The Morgan fingerprint density at radius 2 is 2.03 bits per heavy atom. The van der Waals surface area contributed by atoms with Gasteiger partial charge in [-0.3, -0.25) is 10.3 Å². The summed E-state index contributed by atoms with van der Waals surface area (Å²) >= 11 is 0. The first-order valence-corrected chi connectivity index (χ1v) is 9.39. The van der Waals surface area contributed by atoms with E-state index in [0.717, 1.165) is 40.9 Å². The predicted molar refractivity (Wildman–Crippen MR) is 108 cm³/mol. The number of imidazole rings is 1. The van der Waals surface area contributed by atoms with Gasteiger partial charge in [0.15, 0.2) is 5.82 Å². The van der Waals surface area contributed by atoms with Gasteiger partial charge in [-0.1, -0.05) is 6.07 Å². The van der Waals surface area contributed by atoms with Gasteiger partial charge in [0.1, 0.15) is 5.65 Å². The molecule has 0 bridgehead atoms. The number of carbonyl (C=O) groups excluding carboxylic acids is 1. The lowest BCUT2D eigenvalue weighted by Gasteiger charge is -2.17. The van der Waals surface area contributed by atoms with Gasteiger partial charge in [-0.15, -0.1) is 0 Å². The van der Waals surface area contributed by atoms with E-state index >= 15 is 0 Å². The predicted octanol–water partition coefficient (Wildman–Crippen LogP) is 3.31. The van der Waals surface area contributed by atoms with Crippen LogP contribution in [0.4, 0.5) is 10.6 Å². The number of nitrogens with one attached hydrogen (secondary N) is 2. The molecule has 1 aliphatic rings. The molecule has 4 aromatic heterocycles. The fourth-order valence-corrected chi connectivity index (χ4v) is 3.48. The van der Waals surface area contributed by atoms with E-state index in [2.05, 4.69) is 30.8 Å². The number of hydrogen-bond donors (Lipinski definition) is 2. The summed E-state index contributed by atoms with van der Waals surface area (Å²) in [6.45, 7) is 1.91. The van der Waals surface area contributed by atoms with Crippen LogP contribution in [0.3, 0.4) is 0 Å². The summed E-state index contributed by atoms with van der Waals surface area (Å²) in [6.07, 6.45) is 10.8. The number of urea groups is 1. The molecule has 0 unspecified atom stereocenters. The number of nitrogens with zero attached hydrogens (tertiary/aromatic N) is 5. The Morgan fingerprint density at radius 3 is 2.79 bits per heavy atom. The number of aromatic nitrogens is 5. The molecule has 0 aliphatic heterocycles. The summed E-state index contributed by atoms with van der Waals surface area (Å²) in [5, 5.41) is 13.9. The zero-order valence-electron chi connectivity index (χ0n) is 15.8. The Labute approximate surface area is 167 Å². The minimum absolute atomic E-state index is 0.274. The normalized spacial score (nSPS) is 14.5. The van der Waals surface area contributed by atoms with E-state index in [1.54, 1.807) is 24.8 Å². The Balaban J connectivity index is 1.34. The zero-order chi connectivity index (χ0) is 19.8. The van der Waals surface area contributed by atoms with Gasteiger partial charge < -0.3 is 9.72 Å². The van der Waals surface area contributed by atoms with Crippen molar-refractivity contribution < 1.29 is 4.79 Å². The molecule has 8 heteroatoms. The zero-order valence-corrected chi connectivity index (χ0v) is 15.8. The van der Waals surface area contributed by atoms with Gasteiger partial charge in [-0.05, 0) is 49.6 Å². The first-order valence-electron chi connectivity index (χ1n) is 9.39. The Morgan fingerprint density at radius 1 is 1.14 bits per heavy atom. The summed E-state index contributed by atoms with van der Waals surface area (Å²) in [7, 11) is 0. The van der Waals surface area contributed by atoms with Crippen LogP contribution in [0.2, 0.25) is 0 Å². The van der Waals surface area contributed by atoms with Gasteiger partial charge in [-0.2, -0.15) is 10.2 Å². The molecule has 0 radical (unpaired) electrons. The molecule has 5 rings (SSSR count). The minimum atomic E-state index is -0.323. The molecule has 1 saturated carbocycles. The van der Waals surface area contributed by atoms with E-state index in [0.29, 0.717) is 5.82 Å². The number of anilines is 1. The molecule has 0 aromatic carbocycles. The van der Waals surface area contributed by atoms with Crippen LogP contribution in [-0.4, -0.2) is 30.6 Å². The van der Waals surface area contributed by atoms with Gasteiger partial charge in [-0.25, -0.2) is 9.78 Å². The number of rotatable bonds is 4. The van der Waals surface area contributed by atoms with E-state index in [1.165, 1.54) is 0 Å². The van der Waals surface area contributed by atoms with Crippen molar-refractivity contribution in [2.75, 3.05) is 5.32 Å². The lowest BCUT2D eigenvalue weighted by atomic mass is 10.1. The van der Waals surface area contributed by atoms with Crippen LogP contribution in [0.25, 0.3) is 16.8 Å². The molecule has 1 fully saturated rings. The molecule has 4 aromatic rings. The molecule has 0 saturated heterocycles. The first kappa shape index (κ1) is 17.3. The largest absolute Gasteiger partial charge is 0.328 e. The van der Waals surface area contributed by atoms with Crippen LogP contribution in [0.1, 0.15) is 24.1 Å². The van der Waals surface area contributed by atoms with Crippen LogP contribution in [0, 0.1) is 6.92 Å². The summed E-state index contributed by atoms with van der Waals surface area (Å²) in [4.78, 5) is 21.2. The SMILES string of the molecule is Cc1cc(-c2ccc3nc(NC(=O)NC4(c5cccnc5)CC4)cn3c2)cnn1. The Hall–Kier alpha value is -3.81.